The summed E-state index contributed by atoms with van der Waals surface area (Å²) in [4.78, 5) is 11.5. The third-order valence-corrected chi connectivity index (χ3v) is 4.97. The van der Waals surface area contributed by atoms with E-state index < -0.39 is 0 Å². The van der Waals surface area contributed by atoms with Crippen molar-refractivity contribution < 1.29 is 14.2 Å². The van der Waals surface area contributed by atoms with Gasteiger partial charge >= 0.3 is 0 Å². The minimum Gasteiger partial charge on any atom is -0.490 e. The number of halogens is 1. The molecule has 182 valence electrons. The topological polar surface area (TPSA) is 80.2 Å². The molecule has 3 rings (SSSR count). The predicted molar refractivity (Wildman–Crippen MR) is 142 cm³/mol. The maximum Gasteiger partial charge on any atom is 0.219 e. The molecule has 0 aliphatic carbocycles. The van der Waals surface area contributed by atoms with Crippen LogP contribution in [0.1, 0.15) is 25.8 Å². The van der Waals surface area contributed by atoms with E-state index in [0.29, 0.717) is 30.5 Å². The molecule has 2 heterocycles. The number of para-hydroxylation sites is 2. The second kappa shape index (κ2) is 15.7. The minimum absolute atomic E-state index is 0. The molecule has 0 unspecified atom stereocenters. The van der Waals surface area contributed by atoms with E-state index in [1.54, 1.807) is 6.20 Å². The number of morpholine rings is 1. The van der Waals surface area contributed by atoms with Crippen molar-refractivity contribution in [1.29, 1.82) is 0 Å². The lowest BCUT2D eigenvalue weighted by Gasteiger charge is -2.26. The van der Waals surface area contributed by atoms with Gasteiger partial charge in [-0.05, 0) is 44.5 Å². The van der Waals surface area contributed by atoms with E-state index in [-0.39, 0.29) is 24.0 Å². The van der Waals surface area contributed by atoms with Gasteiger partial charge in [0.2, 0.25) is 5.88 Å². The van der Waals surface area contributed by atoms with Gasteiger partial charge < -0.3 is 24.8 Å². The average Bonchev–Trinajstić information content (AvgIpc) is 2.83. The number of hydrogen-bond acceptors (Lipinski definition) is 6. The molecule has 0 spiro atoms. The lowest BCUT2D eigenvalue weighted by molar-refractivity contribution is 0.0376. The second-order valence-electron chi connectivity index (χ2n) is 7.42. The lowest BCUT2D eigenvalue weighted by atomic mass is 10.3. The maximum absolute atomic E-state index is 5.89. The zero-order valence-electron chi connectivity index (χ0n) is 19.6. The fourth-order valence-corrected chi connectivity index (χ4v) is 3.33. The van der Waals surface area contributed by atoms with Crippen molar-refractivity contribution in [2.75, 3.05) is 52.5 Å². The van der Waals surface area contributed by atoms with Gasteiger partial charge in [-0.3, -0.25) is 4.90 Å². The molecule has 0 bridgehead atoms. The predicted octanol–water partition coefficient (Wildman–Crippen LogP) is 3.67. The first-order valence-corrected chi connectivity index (χ1v) is 11.5. The second-order valence-corrected chi connectivity index (χ2v) is 7.42. The van der Waals surface area contributed by atoms with Crippen LogP contribution in [0, 0.1) is 0 Å². The summed E-state index contributed by atoms with van der Waals surface area (Å²) in [6.07, 6.45) is 2.87. The van der Waals surface area contributed by atoms with Gasteiger partial charge in [-0.15, -0.1) is 24.0 Å². The molecule has 0 radical (unpaired) electrons. The van der Waals surface area contributed by atoms with Gasteiger partial charge in [0.25, 0.3) is 0 Å². The van der Waals surface area contributed by atoms with Crippen molar-refractivity contribution in [3.63, 3.8) is 0 Å². The van der Waals surface area contributed by atoms with Crippen LogP contribution in [-0.4, -0.2) is 68.4 Å². The number of ether oxygens (including phenoxy) is 3. The number of nitrogens with one attached hydrogen (secondary N) is 2. The van der Waals surface area contributed by atoms with Crippen LogP contribution < -0.4 is 20.1 Å². The van der Waals surface area contributed by atoms with Gasteiger partial charge in [0.05, 0.1) is 26.4 Å². The van der Waals surface area contributed by atoms with Gasteiger partial charge in [-0.1, -0.05) is 18.2 Å². The van der Waals surface area contributed by atoms with E-state index >= 15 is 0 Å². The molecule has 9 heteroatoms. The molecule has 0 amide bonds. The molecular weight excluding hydrogens is 533 g/mol. The van der Waals surface area contributed by atoms with E-state index in [2.05, 4.69) is 32.4 Å². The van der Waals surface area contributed by atoms with E-state index in [4.69, 9.17) is 14.2 Å². The van der Waals surface area contributed by atoms with Gasteiger partial charge in [0, 0.05) is 38.4 Å². The average molecular weight is 569 g/mol. The smallest absolute Gasteiger partial charge is 0.219 e. The fourth-order valence-electron chi connectivity index (χ4n) is 3.33. The van der Waals surface area contributed by atoms with E-state index in [9.17, 15) is 0 Å². The van der Waals surface area contributed by atoms with Crippen LogP contribution in [0.3, 0.4) is 0 Å². The molecule has 1 aromatic carbocycles. The molecule has 2 N–H and O–H groups in total. The van der Waals surface area contributed by atoms with Crippen LogP contribution in [0.25, 0.3) is 0 Å². The highest BCUT2D eigenvalue weighted by molar-refractivity contribution is 14.0. The van der Waals surface area contributed by atoms with Crippen molar-refractivity contribution in [1.82, 2.24) is 20.5 Å². The lowest BCUT2D eigenvalue weighted by Crippen LogP contribution is -2.40. The normalized spacial score (nSPS) is 14.3. The minimum atomic E-state index is 0. The first-order chi connectivity index (χ1) is 15.8. The van der Waals surface area contributed by atoms with Crippen LogP contribution in [-0.2, 0) is 11.3 Å². The summed E-state index contributed by atoms with van der Waals surface area (Å²) >= 11 is 0. The van der Waals surface area contributed by atoms with Crippen molar-refractivity contribution in [3.8, 4) is 17.4 Å². The van der Waals surface area contributed by atoms with Gasteiger partial charge in [-0.25, -0.2) is 9.98 Å². The number of aliphatic imine (C=N–C) groups is 1. The monoisotopic (exact) mass is 569 g/mol. The summed E-state index contributed by atoms with van der Waals surface area (Å²) in [5, 5.41) is 6.71. The summed E-state index contributed by atoms with van der Waals surface area (Å²) in [7, 11) is 0. The van der Waals surface area contributed by atoms with E-state index in [0.717, 1.165) is 63.9 Å². The molecule has 1 saturated heterocycles. The number of nitrogens with zero attached hydrogens (tertiary/aromatic N) is 3. The largest absolute Gasteiger partial charge is 0.490 e. The summed E-state index contributed by atoms with van der Waals surface area (Å²) in [5.41, 5.74) is 1.01. The Labute approximate surface area is 214 Å². The molecule has 1 aromatic heterocycles. The Bertz CT molecular complexity index is 829. The summed E-state index contributed by atoms with van der Waals surface area (Å²) < 4.78 is 16.9. The molecule has 0 saturated carbocycles. The van der Waals surface area contributed by atoms with Gasteiger partial charge in [0.1, 0.15) is 0 Å². The summed E-state index contributed by atoms with van der Waals surface area (Å²) in [6, 6.07) is 11.4. The Morgan fingerprint density at radius 2 is 1.88 bits per heavy atom. The Balaban J connectivity index is 0.00000385. The maximum atomic E-state index is 5.89. The van der Waals surface area contributed by atoms with E-state index in [1.807, 2.05) is 43.3 Å². The van der Waals surface area contributed by atoms with Crippen LogP contribution in [0.2, 0.25) is 0 Å². The number of pyridine rings is 1. The molecule has 1 fully saturated rings. The molecule has 2 aromatic rings. The van der Waals surface area contributed by atoms with E-state index in [1.165, 1.54) is 0 Å². The standard InChI is InChI=1S/C24H35N5O3.HI/c1-3-25-24(26-12-7-13-29-14-16-30-17-15-29)28-19-20-10-11-23(27-18-20)32-22-9-6-5-8-21(22)31-4-2;/h5-6,8-11,18H,3-4,7,12-17,19H2,1-2H3,(H2,25,26,28);1H. The summed E-state index contributed by atoms with van der Waals surface area (Å²) in [6.45, 7) is 11.7. The molecule has 1 aliphatic heterocycles. The van der Waals surface area contributed by atoms with Crippen LogP contribution in [0.5, 0.6) is 17.4 Å². The SMILES string of the molecule is CCNC(=NCc1ccc(Oc2ccccc2OCC)nc1)NCCCN1CCOCC1.I. The number of hydrogen-bond donors (Lipinski definition) is 2. The Morgan fingerprint density at radius 3 is 2.58 bits per heavy atom. The van der Waals surface area contributed by atoms with Gasteiger partial charge in [-0.2, -0.15) is 0 Å². The van der Waals surface area contributed by atoms with Crippen LogP contribution in [0.4, 0.5) is 0 Å². The zero-order valence-corrected chi connectivity index (χ0v) is 21.9. The van der Waals surface area contributed by atoms with Gasteiger partial charge in [0.15, 0.2) is 17.5 Å². The summed E-state index contributed by atoms with van der Waals surface area (Å²) in [5.74, 6) is 2.71. The highest BCUT2D eigenvalue weighted by Gasteiger charge is 2.09. The van der Waals surface area contributed by atoms with Crippen molar-refractivity contribution in [2.45, 2.75) is 26.8 Å². The highest BCUT2D eigenvalue weighted by Crippen LogP contribution is 2.30. The van der Waals surface area contributed by atoms with Crippen LogP contribution in [0.15, 0.2) is 47.6 Å². The first kappa shape index (κ1) is 27.1. The van der Waals surface area contributed by atoms with Crippen molar-refractivity contribution >= 4 is 29.9 Å². The van der Waals surface area contributed by atoms with Crippen molar-refractivity contribution in [2.24, 2.45) is 4.99 Å². The molecule has 1 aliphatic rings. The van der Waals surface area contributed by atoms with Crippen LogP contribution >= 0.6 is 24.0 Å². The number of aromatic nitrogens is 1. The fraction of sp³-hybridized carbons (Fsp3) is 0.500. The Morgan fingerprint density at radius 1 is 1.09 bits per heavy atom. The quantitative estimate of drug-likeness (QED) is 0.185. The molecule has 8 nitrogen and oxygen atoms in total. The van der Waals surface area contributed by atoms with Crippen molar-refractivity contribution in [3.05, 3.63) is 48.2 Å². The number of rotatable bonds is 11. The number of guanidine groups is 1. The number of benzene rings is 1. The first-order valence-electron chi connectivity index (χ1n) is 11.5. The Hall–Kier alpha value is -2.11. The molecule has 0 atom stereocenters. The molecular formula is C24H36IN5O3. The third kappa shape index (κ3) is 9.73. The third-order valence-electron chi connectivity index (χ3n) is 4.97. The Kier molecular flexibility index (Phi) is 12.9. The highest BCUT2D eigenvalue weighted by atomic mass is 127. The zero-order chi connectivity index (χ0) is 22.4. The molecule has 33 heavy (non-hydrogen) atoms.